The van der Waals surface area contributed by atoms with Gasteiger partial charge >= 0.3 is 0 Å². The zero-order valence-electron chi connectivity index (χ0n) is 8.38. The molecule has 0 heterocycles. The van der Waals surface area contributed by atoms with Crippen LogP contribution in [0.15, 0.2) is 0 Å². The lowest BCUT2D eigenvalue weighted by Gasteiger charge is -2.32. The van der Waals surface area contributed by atoms with Gasteiger partial charge in [0.25, 0.3) is 0 Å². The maximum atomic E-state index is 10.8. The number of carbonyl (C=O) groups excluding carboxylic acids is 1. The van der Waals surface area contributed by atoms with Gasteiger partial charge in [-0.3, -0.25) is 0 Å². The first kappa shape index (κ1) is 9.20. The van der Waals surface area contributed by atoms with E-state index in [4.69, 9.17) is 0 Å². The molecule has 0 aromatic rings. The maximum Gasteiger partial charge on any atom is 0.137 e. The minimum atomic E-state index is 0.109. The number of hydrogen-bond acceptors (Lipinski definition) is 2. The van der Waals surface area contributed by atoms with Gasteiger partial charge in [-0.2, -0.15) is 0 Å². The van der Waals surface area contributed by atoms with Crippen LogP contribution in [0.2, 0.25) is 0 Å². The summed E-state index contributed by atoms with van der Waals surface area (Å²) in [6, 6.07) is 0.109. The average molecular weight is 181 g/mol. The summed E-state index contributed by atoms with van der Waals surface area (Å²) in [6.45, 7) is 0. The van der Waals surface area contributed by atoms with Crippen molar-refractivity contribution in [1.29, 1.82) is 0 Å². The molecule has 0 aromatic heterocycles. The van der Waals surface area contributed by atoms with Crippen molar-refractivity contribution in [3.63, 3.8) is 0 Å². The zero-order valence-corrected chi connectivity index (χ0v) is 8.38. The van der Waals surface area contributed by atoms with E-state index in [0.29, 0.717) is 11.3 Å². The quantitative estimate of drug-likeness (QED) is 0.672. The number of carbonyl (C=O) groups is 1. The lowest BCUT2D eigenvalue weighted by molar-refractivity contribution is -0.111. The SMILES string of the molecule is CNC(C=O)C1CCCC2(CC2)C1. The summed E-state index contributed by atoms with van der Waals surface area (Å²) in [4.78, 5) is 10.8. The van der Waals surface area contributed by atoms with Crippen LogP contribution < -0.4 is 5.32 Å². The van der Waals surface area contributed by atoms with E-state index in [1.54, 1.807) is 0 Å². The van der Waals surface area contributed by atoms with Crippen molar-refractivity contribution in [2.45, 2.75) is 44.6 Å². The molecule has 2 saturated carbocycles. The normalized spacial score (nSPS) is 32.8. The Morgan fingerprint density at radius 1 is 1.46 bits per heavy atom. The molecule has 0 amide bonds. The molecule has 13 heavy (non-hydrogen) atoms. The van der Waals surface area contributed by atoms with Crippen LogP contribution in [0.4, 0.5) is 0 Å². The molecular formula is C11H19NO. The van der Waals surface area contributed by atoms with E-state index in [1.165, 1.54) is 38.5 Å². The van der Waals surface area contributed by atoms with Crippen LogP contribution in [-0.2, 0) is 4.79 Å². The highest BCUT2D eigenvalue weighted by molar-refractivity contribution is 5.58. The summed E-state index contributed by atoms with van der Waals surface area (Å²) in [7, 11) is 1.90. The third-order valence-electron chi connectivity index (χ3n) is 3.92. The molecule has 2 fully saturated rings. The van der Waals surface area contributed by atoms with Gasteiger partial charge in [-0.15, -0.1) is 0 Å². The standard InChI is InChI=1S/C11H19NO/c1-12-10(8-13)9-3-2-4-11(7-9)5-6-11/h8-10,12H,2-7H2,1H3. The van der Waals surface area contributed by atoms with Crippen molar-refractivity contribution >= 4 is 6.29 Å². The number of hydrogen-bond donors (Lipinski definition) is 1. The minimum absolute atomic E-state index is 0.109. The summed E-state index contributed by atoms with van der Waals surface area (Å²) in [5.41, 5.74) is 0.682. The summed E-state index contributed by atoms with van der Waals surface area (Å²) >= 11 is 0. The molecule has 2 aliphatic carbocycles. The maximum absolute atomic E-state index is 10.8. The third-order valence-corrected chi connectivity index (χ3v) is 3.92. The Morgan fingerprint density at radius 2 is 2.23 bits per heavy atom. The second kappa shape index (κ2) is 3.41. The van der Waals surface area contributed by atoms with Crippen molar-refractivity contribution in [1.82, 2.24) is 5.32 Å². The number of rotatable bonds is 3. The first-order chi connectivity index (χ1) is 6.29. The molecule has 0 radical (unpaired) electrons. The van der Waals surface area contributed by atoms with Crippen molar-refractivity contribution in [3.05, 3.63) is 0 Å². The van der Waals surface area contributed by atoms with Crippen LogP contribution in [0.5, 0.6) is 0 Å². The third kappa shape index (κ3) is 1.78. The molecular weight excluding hydrogens is 162 g/mol. The first-order valence-corrected chi connectivity index (χ1v) is 5.42. The predicted molar refractivity (Wildman–Crippen MR) is 52.5 cm³/mol. The van der Waals surface area contributed by atoms with Crippen LogP contribution in [0.3, 0.4) is 0 Å². The molecule has 2 nitrogen and oxygen atoms in total. The Morgan fingerprint density at radius 3 is 2.77 bits per heavy atom. The Balaban J connectivity index is 1.94. The molecule has 2 unspecified atom stereocenters. The molecule has 0 bridgehead atoms. The molecule has 2 heteroatoms. The van der Waals surface area contributed by atoms with Crippen molar-refractivity contribution in [2.75, 3.05) is 7.05 Å². The highest BCUT2D eigenvalue weighted by atomic mass is 16.1. The largest absolute Gasteiger partial charge is 0.311 e. The first-order valence-electron chi connectivity index (χ1n) is 5.42. The van der Waals surface area contributed by atoms with Crippen molar-refractivity contribution in [3.8, 4) is 0 Å². The highest BCUT2D eigenvalue weighted by Gasteiger charge is 2.46. The highest BCUT2D eigenvalue weighted by Crippen LogP contribution is 2.57. The number of aldehydes is 1. The monoisotopic (exact) mass is 181 g/mol. The van der Waals surface area contributed by atoms with E-state index in [1.807, 2.05) is 7.05 Å². The molecule has 2 rings (SSSR count). The van der Waals surface area contributed by atoms with E-state index < -0.39 is 0 Å². The number of nitrogens with one attached hydrogen (secondary N) is 1. The van der Waals surface area contributed by atoms with E-state index in [0.717, 1.165) is 6.29 Å². The Labute approximate surface area is 80.1 Å². The molecule has 2 aliphatic rings. The number of likely N-dealkylation sites (N-methyl/N-ethyl adjacent to an activating group) is 1. The average Bonchev–Trinajstić information content (AvgIpc) is 2.87. The van der Waals surface area contributed by atoms with Crippen molar-refractivity contribution < 1.29 is 4.79 Å². The molecule has 1 spiro atoms. The van der Waals surface area contributed by atoms with E-state index in [-0.39, 0.29) is 6.04 Å². The van der Waals surface area contributed by atoms with Crippen LogP contribution in [0, 0.1) is 11.3 Å². The lowest BCUT2D eigenvalue weighted by atomic mass is 9.76. The Kier molecular flexibility index (Phi) is 2.41. The molecule has 0 saturated heterocycles. The van der Waals surface area contributed by atoms with Crippen LogP contribution >= 0.6 is 0 Å². The summed E-state index contributed by atoms with van der Waals surface area (Å²) in [6.07, 6.45) is 9.20. The van der Waals surface area contributed by atoms with E-state index in [2.05, 4.69) is 5.32 Å². The smallest absolute Gasteiger partial charge is 0.137 e. The Hall–Kier alpha value is -0.370. The Bertz CT molecular complexity index is 198. The van der Waals surface area contributed by atoms with Crippen LogP contribution in [-0.4, -0.2) is 19.4 Å². The van der Waals surface area contributed by atoms with Crippen LogP contribution in [0.25, 0.3) is 0 Å². The molecule has 0 aromatic carbocycles. The van der Waals surface area contributed by atoms with E-state index >= 15 is 0 Å². The van der Waals surface area contributed by atoms with Gasteiger partial charge in [0, 0.05) is 0 Å². The van der Waals surface area contributed by atoms with Gasteiger partial charge in [-0.25, -0.2) is 0 Å². The second-order valence-corrected chi connectivity index (χ2v) is 4.81. The van der Waals surface area contributed by atoms with Gasteiger partial charge in [-0.05, 0) is 50.5 Å². The van der Waals surface area contributed by atoms with Gasteiger partial charge in [0.1, 0.15) is 6.29 Å². The van der Waals surface area contributed by atoms with Gasteiger partial charge < -0.3 is 10.1 Å². The van der Waals surface area contributed by atoms with Crippen LogP contribution in [0.1, 0.15) is 38.5 Å². The molecule has 0 aliphatic heterocycles. The molecule has 74 valence electrons. The minimum Gasteiger partial charge on any atom is -0.311 e. The fraction of sp³-hybridized carbons (Fsp3) is 0.909. The second-order valence-electron chi connectivity index (χ2n) is 4.81. The molecule has 2 atom stereocenters. The predicted octanol–water partition coefficient (Wildman–Crippen LogP) is 1.74. The molecule has 1 N–H and O–H groups in total. The summed E-state index contributed by atoms with van der Waals surface area (Å²) in [5.74, 6) is 0.610. The van der Waals surface area contributed by atoms with Gasteiger partial charge in [0.05, 0.1) is 6.04 Å². The fourth-order valence-electron chi connectivity index (χ4n) is 2.85. The van der Waals surface area contributed by atoms with E-state index in [9.17, 15) is 4.79 Å². The van der Waals surface area contributed by atoms with Crippen molar-refractivity contribution in [2.24, 2.45) is 11.3 Å². The lowest BCUT2D eigenvalue weighted by Crippen LogP contribution is -2.38. The summed E-state index contributed by atoms with van der Waals surface area (Å²) < 4.78 is 0. The topological polar surface area (TPSA) is 29.1 Å². The van der Waals surface area contributed by atoms with Gasteiger partial charge in [0.2, 0.25) is 0 Å². The van der Waals surface area contributed by atoms with Gasteiger partial charge in [-0.1, -0.05) is 6.42 Å². The fourth-order valence-corrected chi connectivity index (χ4v) is 2.85. The van der Waals surface area contributed by atoms with Gasteiger partial charge in [0.15, 0.2) is 0 Å². The summed E-state index contributed by atoms with van der Waals surface area (Å²) in [5, 5.41) is 3.12. The zero-order chi connectivity index (χ0) is 9.31.